The minimum Gasteiger partial charge on any atom is -0.465 e. The van der Waals surface area contributed by atoms with E-state index in [9.17, 15) is 10.2 Å². The van der Waals surface area contributed by atoms with Crippen molar-refractivity contribution in [2.75, 3.05) is 19.6 Å². The number of aromatic nitrogens is 1. The number of piperidine rings is 1. The number of para-hydroxylation sites is 1. The summed E-state index contributed by atoms with van der Waals surface area (Å²) >= 11 is 0. The van der Waals surface area contributed by atoms with Gasteiger partial charge in [-0.2, -0.15) is 0 Å². The van der Waals surface area contributed by atoms with Crippen LogP contribution in [0.5, 0.6) is 5.75 Å². The first-order valence-corrected chi connectivity index (χ1v) is 11.9. The number of aliphatic hydroxyl groups is 2. The van der Waals surface area contributed by atoms with Crippen molar-refractivity contribution in [2.24, 2.45) is 0 Å². The summed E-state index contributed by atoms with van der Waals surface area (Å²) in [6.07, 6.45) is 7.61. The molecule has 168 valence electrons. The number of aliphatic hydroxyl groups excluding tert-OH is 1. The molecule has 2 N–H and O–H groups in total. The van der Waals surface area contributed by atoms with Gasteiger partial charge in [-0.25, -0.2) is 0 Å². The van der Waals surface area contributed by atoms with E-state index >= 15 is 0 Å². The number of hydrogen-bond acceptors (Lipinski definition) is 5. The molecule has 3 aromatic rings. The molecule has 5 heteroatoms. The molecule has 2 aliphatic rings. The predicted molar refractivity (Wildman–Crippen MR) is 126 cm³/mol. The van der Waals surface area contributed by atoms with Crippen LogP contribution >= 0.6 is 0 Å². The lowest BCUT2D eigenvalue weighted by Crippen LogP contribution is -2.43. The quantitative estimate of drug-likeness (QED) is 0.572. The van der Waals surface area contributed by atoms with Crippen LogP contribution in [0.15, 0.2) is 54.7 Å². The number of pyridine rings is 1. The van der Waals surface area contributed by atoms with Crippen LogP contribution in [-0.2, 0) is 18.4 Å². The molecule has 1 fully saturated rings. The fraction of sp³-hybridized carbons (Fsp3) is 0.444. The molecule has 5 rings (SSSR count). The maximum atomic E-state index is 11.2. The van der Waals surface area contributed by atoms with Gasteiger partial charge in [0, 0.05) is 43.2 Å². The van der Waals surface area contributed by atoms with Crippen LogP contribution in [0.1, 0.15) is 48.8 Å². The SMILES string of the molecule is OC(CCN1CCC(O)(c2cnc3ccccc3c2)CC1)Oc1ccc2c(c1)CCCC2. The number of benzene rings is 2. The van der Waals surface area contributed by atoms with Crippen molar-refractivity contribution < 1.29 is 14.9 Å². The zero-order valence-corrected chi connectivity index (χ0v) is 18.5. The molecule has 0 radical (unpaired) electrons. The predicted octanol–water partition coefficient (Wildman–Crippen LogP) is 4.18. The molecule has 1 atom stereocenters. The average molecular weight is 433 g/mol. The van der Waals surface area contributed by atoms with Crippen LogP contribution < -0.4 is 4.74 Å². The molecular formula is C27H32N2O3. The molecule has 0 bridgehead atoms. The maximum absolute atomic E-state index is 11.2. The first-order chi connectivity index (χ1) is 15.6. The Labute approximate surface area is 189 Å². The lowest BCUT2D eigenvalue weighted by atomic mass is 9.85. The van der Waals surface area contributed by atoms with Crippen molar-refractivity contribution in [3.05, 3.63) is 71.4 Å². The van der Waals surface area contributed by atoms with Gasteiger partial charge in [0.15, 0.2) is 6.29 Å². The van der Waals surface area contributed by atoms with Gasteiger partial charge in [0.2, 0.25) is 0 Å². The second kappa shape index (κ2) is 9.18. The van der Waals surface area contributed by atoms with Crippen molar-refractivity contribution in [3.63, 3.8) is 0 Å². The van der Waals surface area contributed by atoms with Gasteiger partial charge in [-0.3, -0.25) is 4.98 Å². The summed E-state index contributed by atoms with van der Waals surface area (Å²) in [5, 5.41) is 22.7. The van der Waals surface area contributed by atoms with Crippen LogP contribution in [0.25, 0.3) is 10.9 Å². The minimum absolute atomic E-state index is 0.549. The monoisotopic (exact) mass is 432 g/mol. The molecule has 0 spiro atoms. The Kier molecular flexibility index (Phi) is 6.13. The molecule has 1 aliphatic carbocycles. The fourth-order valence-corrected chi connectivity index (χ4v) is 5.05. The Bertz CT molecular complexity index is 1080. The van der Waals surface area contributed by atoms with Crippen LogP contribution in [0.4, 0.5) is 0 Å². The third-order valence-electron chi connectivity index (χ3n) is 7.10. The summed E-state index contributed by atoms with van der Waals surface area (Å²) in [4.78, 5) is 6.82. The molecule has 2 aromatic carbocycles. The van der Waals surface area contributed by atoms with Crippen molar-refractivity contribution in [1.82, 2.24) is 9.88 Å². The van der Waals surface area contributed by atoms with E-state index in [2.05, 4.69) is 28.1 Å². The van der Waals surface area contributed by atoms with Crippen molar-refractivity contribution in [1.29, 1.82) is 0 Å². The summed E-state index contributed by atoms with van der Waals surface area (Å²) in [6, 6.07) is 16.3. The molecule has 2 heterocycles. The Hall–Kier alpha value is -2.47. The van der Waals surface area contributed by atoms with Gasteiger partial charge in [-0.1, -0.05) is 24.3 Å². The third kappa shape index (κ3) is 4.65. The lowest BCUT2D eigenvalue weighted by Gasteiger charge is -2.38. The normalized spacial score (nSPS) is 19.4. The number of nitrogens with zero attached hydrogens (tertiary/aromatic N) is 2. The largest absolute Gasteiger partial charge is 0.465 e. The minimum atomic E-state index is -0.841. The molecule has 1 aromatic heterocycles. The molecule has 1 aliphatic heterocycles. The van der Waals surface area contributed by atoms with Gasteiger partial charge >= 0.3 is 0 Å². The fourth-order valence-electron chi connectivity index (χ4n) is 5.05. The molecule has 1 saturated heterocycles. The van der Waals surface area contributed by atoms with Gasteiger partial charge in [0.25, 0.3) is 0 Å². The van der Waals surface area contributed by atoms with E-state index in [0.717, 1.165) is 54.7 Å². The van der Waals surface area contributed by atoms with Gasteiger partial charge in [0.1, 0.15) is 5.75 Å². The highest BCUT2D eigenvalue weighted by Crippen LogP contribution is 2.34. The highest BCUT2D eigenvalue weighted by Gasteiger charge is 2.34. The van der Waals surface area contributed by atoms with E-state index in [4.69, 9.17) is 4.74 Å². The summed E-state index contributed by atoms with van der Waals surface area (Å²) in [6.45, 7) is 2.32. The van der Waals surface area contributed by atoms with Crippen LogP contribution in [0, 0.1) is 0 Å². The van der Waals surface area contributed by atoms with Crippen molar-refractivity contribution in [3.8, 4) is 5.75 Å². The first-order valence-electron chi connectivity index (χ1n) is 11.9. The Morgan fingerprint density at radius 3 is 2.62 bits per heavy atom. The maximum Gasteiger partial charge on any atom is 0.198 e. The molecule has 1 unspecified atom stereocenters. The van der Waals surface area contributed by atoms with E-state index in [0.29, 0.717) is 19.3 Å². The number of hydrogen-bond donors (Lipinski definition) is 2. The Morgan fingerprint density at radius 1 is 1.00 bits per heavy atom. The van der Waals surface area contributed by atoms with Crippen LogP contribution in [0.2, 0.25) is 0 Å². The Balaban J connectivity index is 1.13. The van der Waals surface area contributed by atoms with Crippen molar-refractivity contribution in [2.45, 2.75) is 56.8 Å². The number of aryl methyl sites for hydroxylation is 2. The van der Waals surface area contributed by atoms with E-state index in [1.807, 2.05) is 36.5 Å². The standard InChI is InChI=1S/C27H32N2O3/c30-26(32-24-10-9-20-5-1-2-6-21(20)18-24)11-14-29-15-12-27(31,13-16-29)23-17-22-7-3-4-8-25(22)28-19-23/h3-4,7-10,17-19,26,30-31H,1-2,5-6,11-16H2. The molecular weight excluding hydrogens is 400 g/mol. The molecule has 5 nitrogen and oxygen atoms in total. The molecule has 0 amide bonds. The first kappa shape index (κ1) is 21.4. The van der Waals surface area contributed by atoms with E-state index in [1.54, 1.807) is 0 Å². The highest BCUT2D eigenvalue weighted by atomic mass is 16.6. The van der Waals surface area contributed by atoms with E-state index in [1.165, 1.54) is 24.0 Å². The summed E-state index contributed by atoms with van der Waals surface area (Å²) in [7, 11) is 0. The summed E-state index contributed by atoms with van der Waals surface area (Å²) in [5.41, 5.74) is 3.78. The zero-order valence-electron chi connectivity index (χ0n) is 18.5. The number of likely N-dealkylation sites (tertiary alicyclic amines) is 1. The van der Waals surface area contributed by atoms with Crippen LogP contribution in [0.3, 0.4) is 0 Å². The number of fused-ring (bicyclic) bond motifs is 2. The van der Waals surface area contributed by atoms with Crippen LogP contribution in [-0.4, -0.2) is 46.0 Å². The lowest BCUT2D eigenvalue weighted by molar-refractivity contribution is -0.0476. The topological polar surface area (TPSA) is 65.8 Å². The number of ether oxygens (including phenoxy) is 1. The smallest absolute Gasteiger partial charge is 0.198 e. The summed E-state index contributed by atoms with van der Waals surface area (Å²) < 4.78 is 5.79. The second-order valence-corrected chi connectivity index (χ2v) is 9.29. The highest BCUT2D eigenvalue weighted by molar-refractivity contribution is 5.78. The average Bonchev–Trinajstić information content (AvgIpc) is 2.83. The second-order valence-electron chi connectivity index (χ2n) is 9.29. The summed E-state index contributed by atoms with van der Waals surface area (Å²) in [5.74, 6) is 0.759. The molecule has 0 saturated carbocycles. The van der Waals surface area contributed by atoms with Gasteiger partial charge < -0.3 is 19.8 Å². The number of rotatable bonds is 6. The molecule has 32 heavy (non-hydrogen) atoms. The van der Waals surface area contributed by atoms with Crippen molar-refractivity contribution >= 4 is 10.9 Å². The van der Waals surface area contributed by atoms with Gasteiger partial charge in [-0.15, -0.1) is 0 Å². The van der Waals surface area contributed by atoms with Gasteiger partial charge in [-0.05, 0) is 73.9 Å². The zero-order chi connectivity index (χ0) is 22.0. The Morgan fingerprint density at radius 2 is 1.78 bits per heavy atom. The third-order valence-corrected chi connectivity index (χ3v) is 7.10. The van der Waals surface area contributed by atoms with E-state index < -0.39 is 11.9 Å². The van der Waals surface area contributed by atoms with E-state index in [-0.39, 0.29) is 0 Å². The van der Waals surface area contributed by atoms with Gasteiger partial charge in [0.05, 0.1) is 11.1 Å².